The van der Waals surface area contributed by atoms with Crippen LogP contribution in [0.3, 0.4) is 0 Å². The molecule has 0 fully saturated rings. The molecule has 6 rings (SSSR count). The van der Waals surface area contributed by atoms with Gasteiger partial charge in [0, 0.05) is 34.6 Å². The maximum absolute atomic E-state index is 13.1. The number of aromatic nitrogens is 4. The molecule has 4 aromatic heterocycles. The van der Waals surface area contributed by atoms with E-state index in [-0.39, 0.29) is 23.7 Å². The van der Waals surface area contributed by atoms with Gasteiger partial charge in [0.2, 0.25) is 0 Å². The number of aryl methyl sites for hydroxylation is 2. The second-order valence-electron chi connectivity index (χ2n) is 11.2. The molecule has 2 aliphatic heterocycles. The van der Waals surface area contributed by atoms with Gasteiger partial charge in [0.25, 0.3) is 5.95 Å². The quantitative estimate of drug-likeness (QED) is 0.235. The fourth-order valence-electron chi connectivity index (χ4n) is 6.39. The number of esters is 1. The van der Waals surface area contributed by atoms with Gasteiger partial charge in [-0.2, -0.15) is 0 Å². The molecule has 6 heterocycles. The molecule has 9 nitrogen and oxygen atoms in total. The number of fused-ring (bicyclic) bond motifs is 8. The van der Waals surface area contributed by atoms with Gasteiger partial charge in [0.15, 0.2) is 0 Å². The predicted octanol–water partition coefficient (Wildman–Crippen LogP) is 6.35. The van der Waals surface area contributed by atoms with Gasteiger partial charge in [-0.3, -0.25) is 4.79 Å². The summed E-state index contributed by atoms with van der Waals surface area (Å²) >= 11 is 0. The van der Waals surface area contributed by atoms with Crippen molar-refractivity contribution < 1.29 is 19.1 Å². The zero-order valence-electron chi connectivity index (χ0n) is 25.2. The Morgan fingerprint density at radius 2 is 1.86 bits per heavy atom. The van der Waals surface area contributed by atoms with E-state index in [1.807, 2.05) is 45.0 Å². The third kappa shape index (κ3) is 4.38. The summed E-state index contributed by atoms with van der Waals surface area (Å²) in [5.74, 6) is -1.04. The summed E-state index contributed by atoms with van der Waals surface area (Å²) in [6.07, 6.45) is 3.12. The molecule has 0 radical (unpaired) electrons. The molecule has 0 aromatic carbocycles. The first kappa shape index (κ1) is 28.2. The lowest BCUT2D eigenvalue weighted by Gasteiger charge is -2.09. The van der Waals surface area contributed by atoms with E-state index in [1.54, 1.807) is 0 Å². The van der Waals surface area contributed by atoms with E-state index in [1.165, 1.54) is 7.11 Å². The molecule has 0 unspecified atom stereocenters. The van der Waals surface area contributed by atoms with Crippen molar-refractivity contribution in [1.82, 2.24) is 19.9 Å². The van der Waals surface area contributed by atoms with Gasteiger partial charge < -0.3 is 24.2 Å². The van der Waals surface area contributed by atoms with Gasteiger partial charge >= 0.3 is 11.6 Å². The van der Waals surface area contributed by atoms with Gasteiger partial charge in [0.1, 0.15) is 5.39 Å². The Morgan fingerprint density at radius 1 is 1.09 bits per heavy atom. The van der Waals surface area contributed by atoms with E-state index >= 15 is 0 Å². The Labute approximate surface area is 247 Å². The highest BCUT2D eigenvalue weighted by Gasteiger charge is 2.25. The third-order valence-corrected chi connectivity index (χ3v) is 8.89. The van der Waals surface area contributed by atoms with Crippen LogP contribution in [0.25, 0.3) is 55.6 Å². The van der Waals surface area contributed by atoms with E-state index in [0.717, 1.165) is 62.4 Å². The van der Waals surface area contributed by atoms with Crippen LogP contribution in [0.5, 0.6) is 5.95 Å². The van der Waals surface area contributed by atoms with Crippen LogP contribution >= 0.6 is 0 Å². The standard InChI is InChI=1S/C34H34N4O5/c1-8-19-15(3)22-12-24-17(5)21(10-11-28(39)42-7)31(37-24)30-32-29(33(40)43-34(30)41)18(6)25(38-32)14-27-20(9-2)16(4)23(36-27)13-26(19)35-22/h8,12-14,17,35,37,41H,1,9-11H2,2-7H3/t17-/m0/s1. The van der Waals surface area contributed by atoms with Crippen molar-refractivity contribution in [3.63, 3.8) is 0 Å². The molecule has 220 valence electrons. The van der Waals surface area contributed by atoms with Crippen molar-refractivity contribution in [3.8, 4) is 5.95 Å². The monoisotopic (exact) mass is 578 g/mol. The van der Waals surface area contributed by atoms with Crippen molar-refractivity contribution in [2.24, 2.45) is 0 Å². The third-order valence-electron chi connectivity index (χ3n) is 8.89. The molecule has 3 N–H and O–H groups in total. The zero-order valence-corrected chi connectivity index (χ0v) is 25.2. The Bertz CT molecular complexity index is 2180. The number of hydrogen-bond donors (Lipinski definition) is 3. The fourth-order valence-corrected chi connectivity index (χ4v) is 6.39. The Morgan fingerprint density at radius 3 is 2.56 bits per heavy atom. The molecule has 0 aliphatic carbocycles. The Balaban J connectivity index is 1.87. The van der Waals surface area contributed by atoms with Crippen molar-refractivity contribution in [2.45, 2.75) is 59.8 Å². The highest BCUT2D eigenvalue weighted by Crippen LogP contribution is 2.36. The number of methoxy groups -OCH3 is 1. The zero-order chi connectivity index (χ0) is 30.7. The van der Waals surface area contributed by atoms with Crippen LogP contribution in [0.1, 0.15) is 79.7 Å². The average molecular weight is 579 g/mol. The van der Waals surface area contributed by atoms with Crippen LogP contribution in [0.2, 0.25) is 0 Å². The van der Waals surface area contributed by atoms with Gasteiger partial charge in [-0.1, -0.05) is 26.5 Å². The van der Waals surface area contributed by atoms with E-state index in [2.05, 4.69) is 30.4 Å². The maximum atomic E-state index is 13.1. The lowest BCUT2D eigenvalue weighted by molar-refractivity contribution is -0.140. The smallest absolute Gasteiger partial charge is 0.348 e. The SMILES string of the molecule is C=Cc1c(C)c2cc3[nH]c(c4c(O)oc(=O)c5c(C)c(cc6nc(cc1[nH]2)C(C)=C6CC)nc45)=C(CCC(=O)OC)[C@@H]3C. The first-order chi connectivity index (χ1) is 20.6. The fraction of sp³-hybridized carbons (Fsp3) is 0.294. The highest BCUT2D eigenvalue weighted by molar-refractivity contribution is 6.03. The number of ether oxygens (including phenoxy) is 1. The molecule has 2 aliphatic rings. The van der Waals surface area contributed by atoms with Crippen LogP contribution < -0.4 is 11.0 Å². The molecule has 0 saturated carbocycles. The number of nitrogens with zero attached hydrogens (tertiary/aromatic N) is 2. The van der Waals surface area contributed by atoms with E-state index in [9.17, 15) is 14.7 Å². The number of aromatic amines is 2. The summed E-state index contributed by atoms with van der Waals surface area (Å²) < 4.78 is 10.3. The van der Waals surface area contributed by atoms with Crippen molar-refractivity contribution in [1.29, 1.82) is 0 Å². The summed E-state index contributed by atoms with van der Waals surface area (Å²) in [5, 5.41) is 12.3. The molecule has 4 aromatic rings. The highest BCUT2D eigenvalue weighted by atomic mass is 16.5. The predicted molar refractivity (Wildman–Crippen MR) is 169 cm³/mol. The Kier molecular flexibility index (Phi) is 6.83. The molecular formula is C34H34N4O5. The average Bonchev–Trinajstić information content (AvgIpc) is 3.65. The molecule has 8 bridgehead atoms. The van der Waals surface area contributed by atoms with Crippen LogP contribution in [0, 0.1) is 13.8 Å². The number of allylic oxidation sites excluding steroid dienone is 2. The number of carbonyl (C=O) groups excluding carboxylic acids is 1. The van der Waals surface area contributed by atoms with E-state index < -0.39 is 11.6 Å². The number of hydrogen-bond acceptors (Lipinski definition) is 7. The molecular weight excluding hydrogens is 544 g/mol. The van der Waals surface area contributed by atoms with Gasteiger partial charge in [-0.05, 0) is 79.7 Å². The van der Waals surface area contributed by atoms with Crippen molar-refractivity contribution in [2.75, 3.05) is 7.11 Å². The number of nitrogens with one attached hydrogen (secondary N) is 2. The topological polar surface area (TPSA) is 134 Å². The molecule has 0 amide bonds. The number of carbonyl (C=O) groups is 1. The molecule has 0 spiro atoms. The first-order valence-corrected chi connectivity index (χ1v) is 14.4. The number of H-pyrrole nitrogens is 2. The van der Waals surface area contributed by atoms with E-state index in [0.29, 0.717) is 33.8 Å². The Hall–Kier alpha value is -4.92. The largest absolute Gasteiger partial charge is 0.480 e. The summed E-state index contributed by atoms with van der Waals surface area (Å²) in [6.45, 7) is 14.1. The van der Waals surface area contributed by atoms with E-state index in [4.69, 9.17) is 19.1 Å². The second-order valence-corrected chi connectivity index (χ2v) is 11.2. The van der Waals surface area contributed by atoms with Gasteiger partial charge in [-0.15, -0.1) is 0 Å². The minimum atomic E-state index is -0.667. The minimum Gasteiger partial charge on any atom is -0.480 e. The van der Waals surface area contributed by atoms with Gasteiger partial charge in [-0.25, -0.2) is 14.8 Å². The van der Waals surface area contributed by atoms with Crippen LogP contribution in [-0.2, 0) is 9.53 Å². The van der Waals surface area contributed by atoms with Crippen molar-refractivity contribution in [3.05, 3.63) is 74.3 Å². The summed E-state index contributed by atoms with van der Waals surface area (Å²) in [4.78, 5) is 42.2. The van der Waals surface area contributed by atoms with Crippen LogP contribution in [0.4, 0.5) is 0 Å². The summed E-state index contributed by atoms with van der Waals surface area (Å²) in [6, 6.07) is 5.98. The molecule has 1 atom stereocenters. The number of aromatic hydroxyl groups is 1. The second kappa shape index (κ2) is 10.4. The number of rotatable bonds is 5. The van der Waals surface area contributed by atoms with Gasteiger partial charge in [0.05, 0.1) is 40.3 Å². The lowest BCUT2D eigenvalue weighted by atomic mass is 9.94. The molecule has 43 heavy (non-hydrogen) atoms. The minimum absolute atomic E-state index is 0.146. The molecule has 9 heteroatoms. The normalized spacial score (nSPS) is 15.0. The summed E-state index contributed by atoms with van der Waals surface area (Å²) in [5.41, 5.74) is 10.2. The van der Waals surface area contributed by atoms with Crippen molar-refractivity contribution >= 4 is 61.6 Å². The van der Waals surface area contributed by atoms with Crippen LogP contribution in [-0.4, -0.2) is 38.1 Å². The molecule has 0 saturated heterocycles. The van der Waals surface area contributed by atoms with Crippen LogP contribution in [0.15, 0.2) is 34.0 Å². The first-order valence-electron chi connectivity index (χ1n) is 14.4. The maximum Gasteiger partial charge on any atom is 0.348 e. The summed E-state index contributed by atoms with van der Waals surface area (Å²) in [7, 11) is 1.36. The lowest BCUT2D eigenvalue weighted by Crippen LogP contribution is -2.11.